The van der Waals surface area contributed by atoms with Crippen LogP contribution in [-0.2, 0) is 6.42 Å². The Hall–Kier alpha value is -0.730. The van der Waals surface area contributed by atoms with E-state index in [1.54, 1.807) is 0 Å². The van der Waals surface area contributed by atoms with Crippen molar-refractivity contribution >= 4 is 17.3 Å². The van der Waals surface area contributed by atoms with E-state index in [0.29, 0.717) is 0 Å². The molecule has 19 heavy (non-hydrogen) atoms. The van der Waals surface area contributed by atoms with Crippen molar-refractivity contribution in [2.24, 2.45) is 11.7 Å². The summed E-state index contributed by atoms with van der Waals surface area (Å²) in [5.41, 5.74) is 8.47. The molecule has 1 heterocycles. The molecule has 2 N–H and O–H groups in total. The van der Waals surface area contributed by atoms with Gasteiger partial charge < -0.3 is 10.6 Å². The minimum atomic E-state index is 0.170. The molecule has 0 aromatic heterocycles. The van der Waals surface area contributed by atoms with Crippen LogP contribution in [0.5, 0.6) is 0 Å². The summed E-state index contributed by atoms with van der Waals surface area (Å²) >= 11 is 6.45. The molecule has 1 aromatic carbocycles. The highest BCUT2D eigenvalue weighted by Crippen LogP contribution is 2.33. The van der Waals surface area contributed by atoms with Gasteiger partial charge in [-0.15, -0.1) is 0 Å². The van der Waals surface area contributed by atoms with Gasteiger partial charge in [-0.2, -0.15) is 0 Å². The first-order valence-corrected chi connectivity index (χ1v) is 7.73. The molecule has 0 bridgehead atoms. The molecule has 106 valence electrons. The molecular formula is C16H25ClN2. The van der Waals surface area contributed by atoms with Crippen LogP contribution in [0.1, 0.15) is 38.7 Å². The number of nitrogens with zero attached hydrogens (tertiary/aromatic N) is 1. The third-order valence-electron chi connectivity index (χ3n) is 3.95. The molecule has 2 nitrogen and oxygen atoms in total. The molecular weight excluding hydrogens is 256 g/mol. The lowest BCUT2D eigenvalue weighted by Gasteiger charge is -2.27. The second-order valence-corrected chi connectivity index (χ2v) is 6.36. The summed E-state index contributed by atoms with van der Waals surface area (Å²) in [5.74, 6) is 0.823. The van der Waals surface area contributed by atoms with Crippen LogP contribution < -0.4 is 10.6 Å². The largest absolute Gasteiger partial charge is 0.370 e. The van der Waals surface area contributed by atoms with Gasteiger partial charge in [0, 0.05) is 19.1 Å². The van der Waals surface area contributed by atoms with E-state index in [0.717, 1.165) is 30.5 Å². The molecule has 1 fully saturated rings. The van der Waals surface area contributed by atoms with Gasteiger partial charge in [0.25, 0.3) is 0 Å². The van der Waals surface area contributed by atoms with Crippen LogP contribution in [-0.4, -0.2) is 19.1 Å². The Labute approximate surface area is 121 Å². The average molecular weight is 281 g/mol. The summed E-state index contributed by atoms with van der Waals surface area (Å²) in [4.78, 5) is 2.46. The van der Waals surface area contributed by atoms with Crippen LogP contribution in [0.2, 0.25) is 5.02 Å². The van der Waals surface area contributed by atoms with Gasteiger partial charge in [0.2, 0.25) is 0 Å². The van der Waals surface area contributed by atoms with E-state index in [4.69, 9.17) is 17.3 Å². The van der Waals surface area contributed by atoms with Crippen LogP contribution in [0, 0.1) is 5.92 Å². The normalized spacial score (nSPS) is 22.1. The zero-order chi connectivity index (χ0) is 13.8. The predicted octanol–water partition coefficient (Wildman–Crippen LogP) is 3.86. The lowest BCUT2D eigenvalue weighted by atomic mass is 10.0. The van der Waals surface area contributed by atoms with Crippen molar-refractivity contribution in [3.05, 3.63) is 28.8 Å². The fourth-order valence-electron chi connectivity index (χ4n) is 2.91. The first-order valence-electron chi connectivity index (χ1n) is 7.36. The van der Waals surface area contributed by atoms with Crippen LogP contribution in [0.15, 0.2) is 18.2 Å². The number of anilines is 1. The number of hydrogen-bond acceptors (Lipinski definition) is 2. The smallest absolute Gasteiger partial charge is 0.0642 e. The lowest BCUT2D eigenvalue weighted by Crippen LogP contribution is -2.27. The summed E-state index contributed by atoms with van der Waals surface area (Å²) in [6, 6.07) is 6.36. The topological polar surface area (TPSA) is 29.3 Å². The van der Waals surface area contributed by atoms with Gasteiger partial charge in [0.05, 0.1) is 10.7 Å². The maximum atomic E-state index is 6.45. The molecule has 2 rings (SSSR count). The SMILES string of the molecule is CC(N)Cc1cccc(Cl)c1N1CCCC(C)CC1. The van der Waals surface area contributed by atoms with E-state index in [1.807, 2.05) is 12.1 Å². The highest BCUT2D eigenvalue weighted by Gasteiger charge is 2.19. The van der Waals surface area contributed by atoms with Crippen molar-refractivity contribution in [3.8, 4) is 0 Å². The van der Waals surface area contributed by atoms with E-state index in [1.165, 1.54) is 30.5 Å². The first-order chi connectivity index (χ1) is 9.08. The summed E-state index contributed by atoms with van der Waals surface area (Å²) in [7, 11) is 0. The third kappa shape index (κ3) is 3.87. The summed E-state index contributed by atoms with van der Waals surface area (Å²) in [6.07, 6.45) is 4.72. The van der Waals surface area contributed by atoms with Crippen molar-refractivity contribution in [2.45, 2.75) is 45.6 Å². The summed E-state index contributed by atoms with van der Waals surface area (Å²) in [6.45, 7) is 6.62. The van der Waals surface area contributed by atoms with Gasteiger partial charge in [0.15, 0.2) is 0 Å². The van der Waals surface area contributed by atoms with Gasteiger partial charge in [-0.25, -0.2) is 0 Å². The predicted molar refractivity (Wildman–Crippen MR) is 84.0 cm³/mol. The van der Waals surface area contributed by atoms with Crippen molar-refractivity contribution in [1.29, 1.82) is 0 Å². The standard InChI is InChI=1S/C16H25ClN2/c1-12-5-4-9-19(10-8-12)16-14(11-13(2)18)6-3-7-15(16)17/h3,6-7,12-13H,4-5,8-11,18H2,1-2H3. The lowest BCUT2D eigenvalue weighted by molar-refractivity contribution is 0.521. The van der Waals surface area contributed by atoms with E-state index < -0.39 is 0 Å². The molecule has 2 unspecified atom stereocenters. The minimum absolute atomic E-state index is 0.170. The van der Waals surface area contributed by atoms with Crippen molar-refractivity contribution in [2.75, 3.05) is 18.0 Å². The van der Waals surface area contributed by atoms with E-state index in [-0.39, 0.29) is 6.04 Å². The van der Waals surface area contributed by atoms with Crippen molar-refractivity contribution in [3.63, 3.8) is 0 Å². The molecule has 0 aliphatic carbocycles. The Morgan fingerprint density at radius 3 is 2.89 bits per heavy atom. The maximum Gasteiger partial charge on any atom is 0.0642 e. The Morgan fingerprint density at radius 2 is 2.16 bits per heavy atom. The van der Waals surface area contributed by atoms with Crippen molar-refractivity contribution < 1.29 is 0 Å². The molecule has 3 heteroatoms. The Bertz CT molecular complexity index is 417. The first kappa shape index (κ1) is 14.7. The molecule has 0 saturated carbocycles. The molecule has 0 amide bonds. The Balaban J connectivity index is 2.26. The fraction of sp³-hybridized carbons (Fsp3) is 0.625. The summed E-state index contributed by atoms with van der Waals surface area (Å²) in [5, 5.41) is 0.868. The average Bonchev–Trinajstić information content (AvgIpc) is 2.54. The minimum Gasteiger partial charge on any atom is -0.370 e. The summed E-state index contributed by atoms with van der Waals surface area (Å²) < 4.78 is 0. The highest BCUT2D eigenvalue weighted by atomic mass is 35.5. The van der Waals surface area contributed by atoms with Crippen LogP contribution in [0.3, 0.4) is 0 Å². The highest BCUT2D eigenvalue weighted by molar-refractivity contribution is 6.33. The molecule has 1 aliphatic heterocycles. The number of rotatable bonds is 3. The van der Waals surface area contributed by atoms with E-state index in [2.05, 4.69) is 24.8 Å². The van der Waals surface area contributed by atoms with Gasteiger partial charge in [-0.05, 0) is 50.2 Å². The van der Waals surface area contributed by atoms with Gasteiger partial charge in [-0.3, -0.25) is 0 Å². The van der Waals surface area contributed by atoms with Crippen LogP contribution >= 0.6 is 11.6 Å². The Morgan fingerprint density at radius 1 is 1.37 bits per heavy atom. The van der Waals surface area contributed by atoms with Gasteiger partial charge in [-0.1, -0.05) is 30.7 Å². The van der Waals surface area contributed by atoms with Crippen molar-refractivity contribution in [1.82, 2.24) is 0 Å². The number of halogens is 1. The van der Waals surface area contributed by atoms with Crippen LogP contribution in [0.4, 0.5) is 5.69 Å². The zero-order valence-electron chi connectivity index (χ0n) is 12.0. The molecule has 1 aromatic rings. The maximum absolute atomic E-state index is 6.45. The van der Waals surface area contributed by atoms with E-state index >= 15 is 0 Å². The monoisotopic (exact) mass is 280 g/mol. The number of hydrogen-bond donors (Lipinski definition) is 1. The zero-order valence-corrected chi connectivity index (χ0v) is 12.8. The molecule has 0 spiro atoms. The quantitative estimate of drug-likeness (QED) is 0.911. The third-order valence-corrected chi connectivity index (χ3v) is 4.25. The molecule has 1 saturated heterocycles. The van der Waals surface area contributed by atoms with E-state index in [9.17, 15) is 0 Å². The molecule has 0 radical (unpaired) electrons. The molecule has 1 aliphatic rings. The second kappa shape index (κ2) is 6.62. The Kier molecular flexibility index (Phi) is 5.12. The number of benzene rings is 1. The molecule has 2 atom stereocenters. The number of nitrogens with two attached hydrogens (primary N) is 1. The van der Waals surface area contributed by atoms with Gasteiger partial charge >= 0.3 is 0 Å². The number of para-hydroxylation sites is 1. The second-order valence-electron chi connectivity index (χ2n) is 5.95. The fourth-order valence-corrected chi connectivity index (χ4v) is 3.23. The van der Waals surface area contributed by atoms with Gasteiger partial charge in [0.1, 0.15) is 0 Å². The van der Waals surface area contributed by atoms with Crippen LogP contribution in [0.25, 0.3) is 0 Å².